The third kappa shape index (κ3) is 4.05. The van der Waals surface area contributed by atoms with Crippen LogP contribution in [0.15, 0.2) is 49.3 Å². The first-order valence-electron chi connectivity index (χ1n) is 10.8. The fourth-order valence-electron chi connectivity index (χ4n) is 4.46. The van der Waals surface area contributed by atoms with E-state index in [0.29, 0.717) is 41.8 Å². The summed E-state index contributed by atoms with van der Waals surface area (Å²) in [6.45, 7) is 8.14. The second-order valence-corrected chi connectivity index (χ2v) is 8.03. The number of benzene rings is 1. The highest BCUT2D eigenvalue weighted by atomic mass is 16.2. The Kier molecular flexibility index (Phi) is 6.13. The highest BCUT2D eigenvalue weighted by molar-refractivity contribution is 6.11. The standard InChI is InChI=1S/C25H26N6O2/c1-4-9-19-21(25(33)27-13-17-10-7-6-8-11-17)22-23(26)28-15-29-24(22)31(19)18-12-16(3)30(14-18)20(32)5-2/h5-8,10-11,15-16,18H,2,12-14H2,1,3H3,(H,27,33)(H2,26,28,29). The Balaban J connectivity index is 1.81. The number of carbonyl (C=O) groups is 2. The summed E-state index contributed by atoms with van der Waals surface area (Å²) in [6, 6.07) is 9.55. The molecule has 1 fully saturated rings. The Morgan fingerprint density at radius 3 is 2.76 bits per heavy atom. The molecule has 0 radical (unpaired) electrons. The van der Waals surface area contributed by atoms with Gasteiger partial charge in [0.05, 0.1) is 17.0 Å². The van der Waals surface area contributed by atoms with Gasteiger partial charge in [-0.1, -0.05) is 42.8 Å². The van der Waals surface area contributed by atoms with Crippen LogP contribution in [-0.2, 0) is 11.3 Å². The van der Waals surface area contributed by atoms with E-state index >= 15 is 0 Å². The van der Waals surface area contributed by atoms with Crippen molar-refractivity contribution in [2.45, 2.75) is 38.9 Å². The fourth-order valence-corrected chi connectivity index (χ4v) is 4.46. The van der Waals surface area contributed by atoms with Crippen LogP contribution in [0.4, 0.5) is 5.82 Å². The van der Waals surface area contributed by atoms with Gasteiger partial charge in [-0.25, -0.2) is 9.97 Å². The van der Waals surface area contributed by atoms with Gasteiger partial charge in [-0.15, -0.1) is 0 Å². The van der Waals surface area contributed by atoms with Gasteiger partial charge < -0.3 is 20.5 Å². The van der Waals surface area contributed by atoms with Crippen LogP contribution >= 0.6 is 0 Å². The maximum atomic E-state index is 13.4. The molecule has 3 heterocycles. The summed E-state index contributed by atoms with van der Waals surface area (Å²) in [6.07, 6.45) is 3.40. The number of nitrogens with zero attached hydrogens (tertiary/aromatic N) is 4. The van der Waals surface area contributed by atoms with E-state index in [2.05, 4.69) is 33.7 Å². The number of rotatable bonds is 5. The number of fused-ring (bicyclic) bond motifs is 1. The second kappa shape index (κ2) is 9.17. The SMILES string of the molecule is C=CC(=O)N1CC(n2c(C#CC)c(C(=O)NCc3ccccc3)c3c(N)ncnc32)CC1C. The minimum absolute atomic E-state index is 0.00919. The molecule has 0 saturated carbocycles. The number of amides is 2. The van der Waals surface area contributed by atoms with Crippen molar-refractivity contribution in [3.8, 4) is 11.8 Å². The maximum absolute atomic E-state index is 13.4. The number of carbonyl (C=O) groups excluding carboxylic acids is 2. The number of nitrogens with two attached hydrogens (primary N) is 1. The molecule has 1 aliphatic heterocycles. The summed E-state index contributed by atoms with van der Waals surface area (Å²) < 4.78 is 1.94. The van der Waals surface area contributed by atoms with E-state index in [-0.39, 0.29) is 29.7 Å². The first-order valence-corrected chi connectivity index (χ1v) is 10.8. The summed E-state index contributed by atoms with van der Waals surface area (Å²) in [4.78, 5) is 36.1. The topological polar surface area (TPSA) is 106 Å². The van der Waals surface area contributed by atoms with Gasteiger partial charge in [-0.2, -0.15) is 0 Å². The van der Waals surface area contributed by atoms with Gasteiger partial charge in [0.25, 0.3) is 5.91 Å². The van der Waals surface area contributed by atoms with E-state index in [1.54, 1.807) is 11.8 Å². The van der Waals surface area contributed by atoms with E-state index in [0.717, 1.165) is 5.56 Å². The molecule has 2 unspecified atom stereocenters. The lowest BCUT2D eigenvalue weighted by Crippen LogP contribution is -2.32. The Morgan fingerprint density at radius 2 is 2.06 bits per heavy atom. The van der Waals surface area contributed by atoms with Crippen LogP contribution in [0, 0.1) is 11.8 Å². The van der Waals surface area contributed by atoms with E-state index in [1.165, 1.54) is 12.4 Å². The molecule has 168 valence electrons. The van der Waals surface area contributed by atoms with Crippen LogP contribution in [0.1, 0.15) is 47.9 Å². The van der Waals surface area contributed by atoms with Crippen LogP contribution in [0.5, 0.6) is 0 Å². The van der Waals surface area contributed by atoms with E-state index in [9.17, 15) is 9.59 Å². The molecule has 2 amide bonds. The number of nitrogen functional groups attached to an aromatic ring is 1. The smallest absolute Gasteiger partial charge is 0.255 e. The molecular weight excluding hydrogens is 416 g/mol. The molecule has 4 rings (SSSR count). The van der Waals surface area contributed by atoms with Crippen molar-refractivity contribution in [3.63, 3.8) is 0 Å². The molecule has 1 aromatic carbocycles. The number of likely N-dealkylation sites (tertiary alicyclic amines) is 1. The third-order valence-corrected chi connectivity index (χ3v) is 5.95. The van der Waals surface area contributed by atoms with Crippen LogP contribution < -0.4 is 11.1 Å². The van der Waals surface area contributed by atoms with Gasteiger partial charge in [0.1, 0.15) is 23.5 Å². The predicted molar refractivity (Wildman–Crippen MR) is 127 cm³/mol. The first-order chi connectivity index (χ1) is 16.0. The number of aromatic nitrogens is 3. The normalized spacial score (nSPS) is 17.5. The van der Waals surface area contributed by atoms with Gasteiger partial charge in [-0.05, 0) is 37.8 Å². The monoisotopic (exact) mass is 442 g/mol. The van der Waals surface area contributed by atoms with Crippen LogP contribution in [0.3, 0.4) is 0 Å². The zero-order chi connectivity index (χ0) is 23.5. The van der Waals surface area contributed by atoms with Crippen molar-refractivity contribution in [2.75, 3.05) is 12.3 Å². The van der Waals surface area contributed by atoms with Crippen LogP contribution in [0.2, 0.25) is 0 Å². The Bertz CT molecular complexity index is 1280. The van der Waals surface area contributed by atoms with Crippen molar-refractivity contribution in [2.24, 2.45) is 0 Å². The third-order valence-electron chi connectivity index (χ3n) is 5.95. The quantitative estimate of drug-likeness (QED) is 0.467. The van der Waals surface area contributed by atoms with Crippen molar-refractivity contribution in [3.05, 3.63) is 66.1 Å². The van der Waals surface area contributed by atoms with Crippen molar-refractivity contribution in [1.82, 2.24) is 24.8 Å². The average Bonchev–Trinajstić information content (AvgIpc) is 3.36. The number of nitrogens with one attached hydrogen (secondary N) is 1. The summed E-state index contributed by atoms with van der Waals surface area (Å²) in [5.41, 5.74) is 8.63. The minimum atomic E-state index is -0.299. The Hall–Kier alpha value is -4.12. The molecule has 2 aromatic heterocycles. The van der Waals surface area contributed by atoms with Crippen molar-refractivity contribution in [1.29, 1.82) is 0 Å². The van der Waals surface area contributed by atoms with E-state index in [4.69, 9.17) is 5.73 Å². The van der Waals surface area contributed by atoms with E-state index in [1.807, 2.05) is 41.8 Å². The predicted octanol–water partition coefficient (Wildman–Crippen LogP) is 2.66. The summed E-state index contributed by atoms with van der Waals surface area (Å²) in [5, 5.41) is 3.45. The molecular formula is C25H26N6O2. The zero-order valence-corrected chi connectivity index (χ0v) is 18.7. The molecule has 1 saturated heterocycles. The number of anilines is 1. The number of hydrogen-bond acceptors (Lipinski definition) is 5. The van der Waals surface area contributed by atoms with Crippen molar-refractivity contribution >= 4 is 28.7 Å². The lowest BCUT2D eigenvalue weighted by Gasteiger charge is -2.19. The summed E-state index contributed by atoms with van der Waals surface area (Å²) in [5.74, 6) is 5.80. The van der Waals surface area contributed by atoms with Gasteiger partial charge in [0.2, 0.25) is 5.91 Å². The largest absolute Gasteiger partial charge is 0.383 e. The first kappa shape index (κ1) is 22.1. The van der Waals surface area contributed by atoms with Crippen molar-refractivity contribution < 1.29 is 9.59 Å². The van der Waals surface area contributed by atoms with E-state index < -0.39 is 0 Å². The Morgan fingerprint density at radius 1 is 1.30 bits per heavy atom. The van der Waals surface area contributed by atoms with Crippen LogP contribution in [-0.4, -0.2) is 43.8 Å². The molecule has 3 aromatic rings. The average molecular weight is 443 g/mol. The molecule has 0 aliphatic carbocycles. The summed E-state index contributed by atoms with van der Waals surface area (Å²) in [7, 11) is 0. The molecule has 1 aliphatic rings. The lowest BCUT2D eigenvalue weighted by molar-refractivity contribution is -0.126. The minimum Gasteiger partial charge on any atom is -0.383 e. The highest BCUT2D eigenvalue weighted by Gasteiger charge is 2.36. The molecule has 2 atom stereocenters. The molecule has 33 heavy (non-hydrogen) atoms. The maximum Gasteiger partial charge on any atom is 0.255 e. The Labute approximate surface area is 192 Å². The molecule has 8 heteroatoms. The molecule has 3 N–H and O–H groups in total. The summed E-state index contributed by atoms with van der Waals surface area (Å²) >= 11 is 0. The van der Waals surface area contributed by atoms with Gasteiger partial charge >= 0.3 is 0 Å². The van der Waals surface area contributed by atoms with Gasteiger partial charge in [0, 0.05) is 19.1 Å². The molecule has 0 bridgehead atoms. The number of hydrogen-bond donors (Lipinski definition) is 2. The second-order valence-electron chi connectivity index (χ2n) is 8.03. The molecule has 8 nitrogen and oxygen atoms in total. The van der Waals surface area contributed by atoms with Gasteiger partial charge in [0.15, 0.2) is 0 Å². The fraction of sp³-hybridized carbons (Fsp3) is 0.280. The van der Waals surface area contributed by atoms with Gasteiger partial charge in [-0.3, -0.25) is 9.59 Å². The zero-order valence-electron chi connectivity index (χ0n) is 18.7. The van der Waals surface area contributed by atoms with Crippen LogP contribution in [0.25, 0.3) is 11.0 Å². The highest BCUT2D eigenvalue weighted by Crippen LogP contribution is 2.36. The molecule has 0 spiro atoms. The lowest BCUT2D eigenvalue weighted by atomic mass is 10.1.